The van der Waals surface area contributed by atoms with Crippen molar-refractivity contribution < 1.29 is 26.3 Å². The molecule has 0 atom stereocenters. The standard InChI is InChI=1S/C33H26F6/c1-2-3-4-5-22-6-8-23(9-7-22)10-11-24-13-17-28-27(18-24)16-15-26(32(28)36)14-12-25-19-30(34)29(31(35)20-25)21-33(37,38)39/h2-3,6-9,13,15-20H,4-5,12,14,21H2,1H3/b3-2+. The molecule has 0 saturated heterocycles. The number of alkyl halides is 3. The molecule has 0 aliphatic rings. The minimum atomic E-state index is -4.72. The number of hydrogen-bond donors (Lipinski definition) is 0. The van der Waals surface area contributed by atoms with E-state index in [4.69, 9.17) is 0 Å². The van der Waals surface area contributed by atoms with E-state index in [0.29, 0.717) is 16.3 Å². The van der Waals surface area contributed by atoms with Crippen LogP contribution < -0.4 is 0 Å². The highest BCUT2D eigenvalue weighted by Gasteiger charge is 2.31. The van der Waals surface area contributed by atoms with Crippen LogP contribution in [0.3, 0.4) is 0 Å². The Labute approximate surface area is 224 Å². The van der Waals surface area contributed by atoms with Crippen LogP contribution in [0.25, 0.3) is 10.8 Å². The van der Waals surface area contributed by atoms with Crippen LogP contribution in [0.5, 0.6) is 0 Å². The van der Waals surface area contributed by atoms with Gasteiger partial charge < -0.3 is 0 Å². The Hall–Kier alpha value is -3.98. The summed E-state index contributed by atoms with van der Waals surface area (Å²) in [5, 5.41) is 1.05. The van der Waals surface area contributed by atoms with Gasteiger partial charge in [-0.3, -0.25) is 0 Å². The van der Waals surface area contributed by atoms with Gasteiger partial charge in [0.2, 0.25) is 0 Å². The minimum absolute atomic E-state index is 0.0697. The Morgan fingerprint density at radius 1 is 0.718 bits per heavy atom. The Morgan fingerprint density at radius 3 is 2.05 bits per heavy atom. The molecule has 0 saturated carbocycles. The molecule has 4 rings (SSSR count). The van der Waals surface area contributed by atoms with Crippen molar-refractivity contribution in [1.29, 1.82) is 0 Å². The zero-order valence-electron chi connectivity index (χ0n) is 21.3. The van der Waals surface area contributed by atoms with Gasteiger partial charge >= 0.3 is 6.18 Å². The normalized spacial score (nSPS) is 11.7. The van der Waals surface area contributed by atoms with E-state index < -0.39 is 35.6 Å². The van der Waals surface area contributed by atoms with Gasteiger partial charge in [-0.2, -0.15) is 13.2 Å². The summed E-state index contributed by atoms with van der Waals surface area (Å²) in [6.45, 7) is 2.00. The van der Waals surface area contributed by atoms with Gasteiger partial charge in [-0.25, -0.2) is 13.2 Å². The molecule has 4 aromatic carbocycles. The van der Waals surface area contributed by atoms with E-state index >= 15 is 4.39 Å². The van der Waals surface area contributed by atoms with Crippen molar-refractivity contribution in [1.82, 2.24) is 0 Å². The molecule has 0 aliphatic heterocycles. The van der Waals surface area contributed by atoms with E-state index in [1.54, 1.807) is 30.3 Å². The van der Waals surface area contributed by atoms with Gasteiger partial charge in [0, 0.05) is 22.1 Å². The summed E-state index contributed by atoms with van der Waals surface area (Å²) in [5.74, 6) is 3.28. The Morgan fingerprint density at radius 2 is 1.38 bits per heavy atom. The summed E-state index contributed by atoms with van der Waals surface area (Å²) in [5.41, 5.74) is 2.34. The van der Waals surface area contributed by atoms with Crippen molar-refractivity contribution in [2.45, 2.75) is 45.2 Å². The third-order valence-corrected chi connectivity index (χ3v) is 6.44. The highest BCUT2D eigenvalue weighted by molar-refractivity contribution is 5.85. The molecule has 0 fully saturated rings. The van der Waals surface area contributed by atoms with Crippen LogP contribution in [-0.2, 0) is 25.7 Å². The van der Waals surface area contributed by atoms with Gasteiger partial charge in [-0.05, 0) is 91.1 Å². The number of hydrogen-bond acceptors (Lipinski definition) is 0. The molecule has 0 bridgehead atoms. The molecule has 39 heavy (non-hydrogen) atoms. The number of fused-ring (bicyclic) bond motifs is 1. The molecule has 0 spiro atoms. The molecule has 0 amide bonds. The van der Waals surface area contributed by atoms with Gasteiger partial charge in [-0.1, -0.05) is 54.3 Å². The van der Waals surface area contributed by atoms with Gasteiger partial charge in [0.05, 0.1) is 6.42 Å². The molecule has 4 aromatic rings. The molecule has 0 aromatic heterocycles. The molecule has 0 radical (unpaired) electrons. The first-order valence-corrected chi connectivity index (χ1v) is 12.6. The molecule has 0 unspecified atom stereocenters. The second-order valence-electron chi connectivity index (χ2n) is 9.36. The number of aryl methyl sites for hydroxylation is 3. The number of rotatable bonds is 7. The molecular weight excluding hydrogens is 510 g/mol. The topological polar surface area (TPSA) is 0 Å². The maximum atomic E-state index is 15.2. The fourth-order valence-electron chi connectivity index (χ4n) is 4.37. The van der Waals surface area contributed by atoms with Crippen molar-refractivity contribution >= 4 is 10.8 Å². The number of allylic oxidation sites excluding steroid dienone is 2. The van der Waals surface area contributed by atoms with E-state index in [9.17, 15) is 22.0 Å². The van der Waals surface area contributed by atoms with E-state index in [1.165, 1.54) is 5.56 Å². The molecule has 0 N–H and O–H groups in total. The lowest BCUT2D eigenvalue weighted by Gasteiger charge is -2.11. The zero-order chi connectivity index (χ0) is 28.0. The fourth-order valence-corrected chi connectivity index (χ4v) is 4.37. The average Bonchev–Trinajstić information content (AvgIpc) is 2.89. The van der Waals surface area contributed by atoms with Crippen LogP contribution in [0.2, 0.25) is 0 Å². The van der Waals surface area contributed by atoms with Gasteiger partial charge in [0.25, 0.3) is 0 Å². The summed E-state index contributed by atoms with van der Waals surface area (Å²) >= 11 is 0. The van der Waals surface area contributed by atoms with Crippen molar-refractivity contribution in [3.8, 4) is 11.8 Å². The van der Waals surface area contributed by atoms with Gasteiger partial charge in [-0.15, -0.1) is 0 Å². The Balaban J connectivity index is 1.46. The maximum absolute atomic E-state index is 15.2. The van der Waals surface area contributed by atoms with Crippen molar-refractivity contribution in [3.05, 3.63) is 130 Å². The van der Waals surface area contributed by atoms with Crippen molar-refractivity contribution in [2.75, 3.05) is 0 Å². The van der Waals surface area contributed by atoms with Crippen LogP contribution in [0.1, 0.15) is 46.7 Å². The van der Waals surface area contributed by atoms with Crippen LogP contribution in [0, 0.1) is 29.3 Å². The SMILES string of the molecule is C/C=C/CCc1ccc(C#Cc2ccc3c(F)c(CCc4cc(F)c(CC(F)(F)F)c(F)c4)ccc3c2)cc1. The summed E-state index contributed by atoms with van der Waals surface area (Å²) in [6.07, 6.45) is -0.0749. The lowest BCUT2D eigenvalue weighted by Crippen LogP contribution is -2.14. The van der Waals surface area contributed by atoms with E-state index in [1.807, 2.05) is 25.1 Å². The summed E-state index contributed by atoms with van der Waals surface area (Å²) in [6, 6.07) is 18.4. The lowest BCUT2D eigenvalue weighted by atomic mass is 9.98. The predicted molar refractivity (Wildman–Crippen MR) is 143 cm³/mol. The van der Waals surface area contributed by atoms with E-state index in [2.05, 4.69) is 30.0 Å². The summed E-state index contributed by atoms with van der Waals surface area (Å²) in [4.78, 5) is 0. The molecule has 200 valence electrons. The monoisotopic (exact) mass is 536 g/mol. The quantitative estimate of drug-likeness (QED) is 0.126. The molecule has 6 heteroatoms. The first-order chi connectivity index (χ1) is 18.6. The maximum Gasteiger partial charge on any atom is 0.393 e. The van der Waals surface area contributed by atoms with Crippen LogP contribution in [-0.4, -0.2) is 6.18 Å². The Bertz CT molecular complexity index is 1530. The fraction of sp³-hybridized carbons (Fsp3) is 0.212. The predicted octanol–water partition coefficient (Wildman–Crippen LogP) is 9.06. The number of halogens is 6. The minimum Gasteiger partial charge on any atom is -0.207 e. The van der Waals surface area contributed by atoms with E-state index in [-0.39, 0.29) is 18.4 Å². The first-order valence-electron chi connectivity index (χ1n) is 12.6. The second-order valence-corrected chi connectivity index (χ2v) is 9.36. The zero-order valence-corrected chi connectivity index (χ0v) is 21.3. The second kappa shape index (κ2) is 12.3. The smallest absolute Gasteiger partial charge is 0.207 e. The third-order valence-electron chi connectivity index (χ3n) is 6.44. The third kappa shape index (κ3) is 7.54. The average molecular weight is 537 g/mol. The van der Waals surface area contributed by atoms with Crippen LogP contribution in [0.15, 0.2) is 78.9 Å². The summed E-state index contributed by atoms with van der Waals surface area (Å²) in [7, 11) is 0. The van der Waals surface area contributed by atoms with E-state index in [0.717, 1.165) is 36.1 Å². The van der Waals surface area contributed by atoms with Crippen LogP contribution >= 0.6 is 0 Å². The first kappa shape index (κ1) is 28.0. The number of benzene rings is 4. The van der Waals surface area contributed by atoms with Gasteiger partial charge in [0.1, 0.15) is 17.5 Å². The Kier molecular flexibility index (Phi) is 8.81. The highest BCUT2D eigenvalue weighted by atomic mass is 19.4. The highest BCUT2D eigenvalue weighted by Crippen LogP contribution is 2.27. The summed E-state index contributed by atoms with van der Waals surface area (Å²) < 4.78 is 81.1. The largest absolute Gasteiger partial charge is 0.393 e. The van der Waals surface area contributed by atoms with Crippen LogP contribution in [0.4, 0.5) is 26.3 Å². The molecule has 0 aliphatic carbocycles. The lowest BCUT2D eigenvalue weighted by molar-refractivity contribution is -0.128. The molecule has 0 nitrogen and oxygen atoms in total. The molecular formula is C33H26F6. The van der Waals surface area contributed by atoms with Crippen molar-refractivity contribution in [2.24, 2.45) is 0 Å². The molecule has 0 heterocycles. The van der Waals surface area contributed by atoms with Crippen molar-refractivity contribution in [3.63, 3.8) is 0 Å². The van der Waals surface area contributed by atoms with Gasteiger partial charge in [0.15, 0.2) is 0 Å².